The van der Waals surface area contributed by atoms with Crippen LogP contribution in [-0.2, 0) is 0 Å². The van der Waals surface area contributed by atoms with Crippen LogP contribution in [0.2, 0.25) is 0 Å². The zero-order valence-corrected chi connectivity index (χ0v) is 9.86. The molecule has 0 spiro atoms. The van der Waals surface area contributed by atoms with E-state index >= 15 is 0 Å². The van der Waals surface area contributed by atoms with Gasteiger partial charge in [0.2, 0.25) is 0 Å². The molecule has 0 fully saturated rings. The van der Waals surface area contributed by atoms with Crippen LogP contribution in [0, 0.1) is 11.3 Å². The van der Waals surface area contributed by atoms with Gasteiger partial charge >= 0.3 is 0 Å². The molecule has 0 bridgehead atoms. The molecule has 1 aliphatic carbocycles. The first-order chi connectivity index (χ1) is 6.79. The van der Waals surface area contributed by atoms with Crippen molar-refractivity contribution in [3.63, 3.8) is 0 Å². The van der Waals surface area contributed by atoms with E-state index in [1.807, 2.05) is 26.0 Å². The van der Waals surface area contributed by atoms with Crippen molar-refractivity contribution >= 4 is 0 Å². The van der Waals surface area contributed by atoms with Crippen LogP contribution in [-0.4, -0.2) is 22.4 Å². The minimum atomic E-state index is -0.565. The highest BCUT2D eigenvalue weighted by Crippen LogP contribution is 2.42. The van der Waals surface area contributed by atoms with E-state index in [1.165, 1.54) is 0 Å². The molecule has 0 saturated carbocycles. The first-order valence-electron chi connectivity index (χ1n) is 5.31. The van der Waals surface area contributed by atoms with Crippen molar-refractivity contribution in [1.82, 2.24) is 0 Å². The average molecular weight is 211 g/mol. The van der Waals surface area contributed by atoms with Gasteiger partial charge in [0.25, 0.3) is 0 Å². The molecule has 3 heteroatoms. The Bertz CT molecular complexity index is 305. The number of nitrogens with two attached hydrogens (primary N) is 1. The second-order valence-electron chi connectivity index (χ2n) is 4.79. The summed E-state index contributed by atoms with van der Waals surface area (Å²) in [5.74, 6) is -0.221. The Morgan fingerprint density at radius 2 is 1.93 bits per heavy atom. The van der Waals surface area contributed by atoms with Crippen molar-refractivity contribution in [3.05, 3.63) is 23.4 Å². The lowest BCUT2D eigenvalue weighted by atomic mass is 9.66. The highest BCUT2D eigenvalue weighted by atomic mass is 16.3. The summed E-state index contributed by atoms with van der Waals surface area (Å²) >= 11 is 0. The van der Waals surface area contributed by atoms with Gasteiger partial charge in [-0.2, -0.15) is 0 Å². The Morgan fingerprint density at radius 1 is 1.40 bits per heavy atom. The predicted octanol–water partition coefficient (Wildman–Crippen LogP) is 1.17. The van der Waals surface area contributed by atoms with Gasteiger partial charge in [0.1, 0.15) is 0 Å². The fourth-order valence-electron chi connectivity index (χ4n) is 2.51. The van der Waals surface area contributed by atoms with Crippen LogP contribution >= 0.6 is 0 Å². The normalized spacial score (nSPS) is 35.5. The quantitative estimate of drug-likeness (QED) is 0.642. The van der Waals surface area contributed by atoms with Crippen LogP contribution < -0.4 is 5.73 Å². The average Bonchev–Trinajstić information content (AvgIpc) is 2.00. The Kier molecular flexibility index (Phi) is 3.26. The van der Waals surface area contributed by atoms with Gasteiger partial charge in [-0.15, -0.1) is 0 Å². The van der Waals surface area contributed by atoms with Crippen molar-refractivity contribution in [1.29, 1.82) is 0 Å². The molecule has 0 amide bonds. The van der Waals surface area contributed by atoms with E-state index in [9.17, 15) is 10.2 Å². The SMILES string of the molecule is CC1=CC(C)(C(C)O)C(C(C)O)C(N)=C1. The van der Waals surface area contributed by atoms with E-state index in [0.717, 1.165) is 5.57 Å². The van der Waals surface area contributed by atoms with Gasteiger partial charge < -0.3 is 15.9 Å². The molecule has 86 valence electrons. The zero-order chi connectivity index (χ0) is 11.8. The number of aliphatic hydroxyl groups is 2. The highest BCUT2D eigenvalue weighted by molar-refractivity contribution is 5.33. The Labute approximate surface area is 91.3 Å². The highest BCUT2D eigenvalue weighted by Gasteiger charge is 2.42. The van der Waals surface area contributed by atoms with Crippen LogP contribution in [0.1, 0.15) is 27.7 Å². The molecule has 0 aromatic carbocycles. The number of rotatable bonds is 2. The van der Waals surface area contributed by atoms with Crippen molar-refractivity contribution in [2.45, 2.75) is 39.9 Å². The topological polar surface area (TPSA) is 66.5 Å². The van der Waals surface area contributed by atoms with Gasteiger partial charge in [0, 0.05) is 17.0 Å². The van der Waals surface area contributed by atoms with E-state index in [2.05, 4.69) is 0 Å². The molecule has 0 heterocycles. The third-order valence-corrected chi connectivity index (χ3v) is 3.34. The lowest BCUT2D eigenvalue weighted by Gasteiger charge is -2.42. The number of allylic oxidation sites excluding steroid dienone is 2. The third kappa shape index (κ3) is 2.08. The smallest absolute Gasteiger partial charge is 0.0607 e. The van der Waals surface area contributed by atoms with Crippen LogP contribution in [0.4, 0.5) is 0 Å². The van der Waals surface area contributed by atoms with Crippen LogP contribution in [0.25, 0.3) is 0 Å². The summed E-state index contributed by atoms with van der Waals surface area (Å²) in [5, 5.41) is 19.6. The second kappa shape index (κ2) is 3.99. The van der Waals surface area contributed by atoms with Crippen LogP contribution in [0.5, 0.6) is 0 Å². The lowest BCUT2D eigenvalue weighted by molar-refractivity contribution is -0.000170. The molecule has 4 unspecified atom stereocenters. The summed E-state index contributed by atoms with van der Waals surface area (Å²) in [6.45, 7) is 7.32. The van der Waals surface area contributed by atoms with Gasteiger partial charge in [0.15, 0.2) is 0 Å². The maximum Gasteiger partial charge on any atom is 0.0607 e. The fraction of sp³-hybridized carbons (Fsp3) is 0.667. The van der Waals surface area contributed by atoms with Crippen LogP contribution in [0.3, 0.4) is 0 Å². The molecule has 4 atom stereocenters. The van der Waals surface area contributed by atoms with Crippen molar-refractivity contribution in [3.8, 4) is 0 Å². The fourth-order valence-corrected chi connectivity index (χ4v) is 2.51. The van der Waals surface area contributed by atoms with E-state index in [4.69, 9.17) is 5.73 Å². The molecule has 4 N–H and O–H groups in total. The van der Waals surface area contributed by atoms with Gasteiger partial charge in [-0.05, 0) is 26.8 Å². The van der Waals surface area contributed by atoms with Gasteiger partial charge in [-0.3, -0.25) is 0 Å². The monoisotopic (exact) mass is 211 g/mol. The number of hydrogen-bond donors (Lipinski definition) is 3. The minimum Gasteiger partial charge on any atom is -0.402 e. The van der Waals surface area contributed by atoms with E-state index in [0.29, 0.717) is 5.70 Å². The van der Waals surface area contributed by atoms with Gasteiger partial charge in [-0.1, -0.05) is 18.6 Å². The van der Waals surface area contributed by atoms with Crippen molar-refractivity contribution in [2.24, 2.45) is 17.1 Å². The molecule has 1 rings (SSSR count). The second-order valence-corrected chi connectivity index (χ2v) is 4.79. The molecule has 0 aromatic rings. The number of hydrogen-bond acceptors (Lipinski definition) is 3. The zero-order valence-electron chi connectivity index (χ0n) is 9.86. The summed E-state index contributed by atoms with van der Waals surface area (Å²) in [4.78, 5) is 0. The molecule has 0 aromatic heterocycles. The molecule has 3 nitrogen and oxygen atoms in total. The molecule has 0 radical (unpaired) electrons. The van der Waals surface area contributed by atoms with E-state index in [1.54, 1.807) is 13.8 Å². The molecule has 0 aliphatic heterocycles. The predicted molar refractivity (Wildman–Crippen MR) is 61.0 cm³/mol. The maximum atomic E-state index is 9.85. The minimum absolute atomic E-state index is 0.221. The van der Waals surface area contributed by atoms with Crippen LogP contribution in [0.15, 0.2) is 23.4 Å². The maximum absolute atomic E-state index is 9.85. The standard InChI is InChI=1S/C12H21NO2/c1-7-5-10(13)11(8(2)14)12(4,6-7)9(3)15/h5-6,8-9,11,14-15H,13H2,1-4H3. The Morgan fingerprint density at radius 3 is 2.33 bits per heavy atom. The molecular weight excluding hydrogens is 190 g/mol. The summed E-state index contributed by atoms with van der Waals surface area (Å²) in [6, 6.07) is 0. The largest absolute Gasteiger partial charge is 0.402 e. The first kappa shape index (κ1) is 12.3. The molecule has 1 aliphatic rings. The lowest BCUT2D eigenvalue weighted by Crippen LogP contribution is -2.45. The Balaban J connectivity index is 3.18. The van der Waals surface area contributed by atoms with Gasteiger partial charge in [0.05, 0.1) is 12.2 Å². The van der Waals surface area contributed by atoms with E-state index < -0.39 is 17.6 Å². The van der Waals surface area contributed by atoms with Crippen molar-refractivity contribution < 1.29 is 10.2 Å². The molecule has 0 saturated heterocycles. The van der Waals surface area contributed by atoms with Crippen molar-refractivity contribution in [2.75, 3.05) is 0 Å². The molecule has 15 heavy (non-hydrogen) atoms. The molecular formula is C12H21NO2. The summed E-state index contributed by atoms with van der Waals surface area (Å²) < 4.78 is 0. The third-order valence-electron chi connectivity index (χ3n) is 3.34. The summed E-state index contributed by atoms with van der Waals surface area (Å²) in [5.41, 5.74) is 7.13. The first-order valence-corrected chi connectivity index (χ1v) is 5.31. The number of aliphatic hydroxyl groups excluding tert-OH is 2. The Hall–Kier alpha value is -0.800. The van der Waals surface area contributed by atoms with E-state index in [-0.39, 0.29) is 5.92 Å². The van der Waals surface area contributed by atoms with Gasteiger partial charge in [-0.25, -0.2) is 0 Å². The summed E-state index contributed by atoms with van der Waals surface area (Å²) in [7, 11) is 0. The summed E-state index contributed by atoms with van der Waals surface area (Å²) in [6.07, 6.45) is 2.75.